The van der Waals surface area contributed by atoms with Crippen molar-refractivity contribution in [3.8, 4) is 5.88 Å². The molecule has 2 aromatic rings. The molecule has 0 aliphatic carbocycles. The minimum absolute atomic E-state index is 0.250. The SMILES string of the molecule is C/C=C/COc1nc(N)nc2sccc12. The molecule has 0 amide bonds. The predicted octanol–water partition coefficient (Wildman–Crippen LogP) is 2.23. The van der Waals surface area contributed by atoms with Gasteiger partial charge in [-0.05, 0) is 18.4 Å². The van der Waals surface area contributed by atoms with Crippen molar-refractivity contribution in [3.63, 3.8) is 0 Å². The van der Waals surface area contributed by atoms with Crippen LogP contribution in [0.1, 0.15) is 6.92 Å². The number of hydrogen-bond acceptors (Lipinski definition) is 5. The maximum Gasteiger partial charge on any atom is 0.227 e. The van der Waals surface area contributed by atoms with Crippen LogP contribution in [0, 0.1) is 0 Å². The first-order chi connectivity index (χ1) is 7.31. The van der Waals surface area contributed by atoms with Crippen molar-refractivity contribution in [3.05, 3.63) is 23.6 Å². The van der Waals surface area contributed by atoms with Gasteiger partial charge in [0.05, 0.1) is 5.39 Å². The van der Waals surface area contributed by atoms with E-state index in [9.17, 15) is 0 Å². The van der Waals surface area contributed by atoms with E-state index in [2.05, 4.69) is 9.97 Å². The highest BCUT2D eigenvalue weighted by Gasteiger charge is 2.07. The summed E-state index contributed by atoms with van der Waals surface area (Å²) in [7, 11) is 0. The molecule has 2 heterocycles. The molecule has 78 valence electrons. The van der Waals surface area contributed by atoms with Crippen molar-refractivity contribution in [1.29, 1.82) is 0 Å². The molecular formula is C10H11N3OS. The second-order valence-electron chi connectivity index (χ2n) is 2.91. The van der Waals surface area contributed by atoms with Gasteiger partial charge in [-0.3, -0.25) is 0 Å². The van der Waals surface area contributed by atoms with E-state index in [1.807, 2.05) is 30.5 Å². The summed E-state index contributed by atoms with van der Waals surface area (Å²) in [5, 5.41) is 2.86. The zero-order valence-corrected chi connectivity index (χ0v) is 9.12. The largest absolute Gasteiger partial charge is 0.473 e. The Balaban J connectivity index is 2.35. The number of nitrogens with two attached hydrogens (primary N) is 1. The van der Waals surface area contributed by atoms with Gasteiger partial charge in [-0.15, -0.1) is 11.3 Å². The lowest BCUT2D eigenvalue weighted by atomic mass is 10.4. The van der Waals surface area contributed by atoms with Crippen molar-refractivity contribution in [1.82, 2.24) is 9.97 Å². The molecule has 4 nitrogen and oxygen atoms in total. The molecule has 0 bridgehead atoms. The van der Waals surface area contributed by atoms with E-state index in [4.69, 9.17) is 10.5 Å². The van der Waals surface area contributed by atoms with Gasteiger partial charge in [-0.2, -0.15) is 4.98 Å². The summed E-state index contributed by atoms with van der Waals surface area (Å²) in [4.78, 5) is 9.03. The lowest BCUT2D eigenvalue weighted by Gasteiger charge is -2.03. The van der Waals surface area contributed by atoms with Gasteiger partial charge in [0.25, 0.3) is 0 Å². The van der Waals surface area contributed by atoms with Crippen LogP contribution in [0.2, 0.25) is 0 Å². The summed E-state index contributed by atoms with van der Waals surface area (Å²) >= 11 is 1.53. The quantitative estimate of drug-likeness (QED) is 0.807. The molecular weight excluding hydrogens is 210 g/mol. The molecule has 0 saturated carbocycles. The molecule has 0 aliphatic rings. The fourth-order valence-electron chi connectivity index (χ4n) is 1.18. The second-order valence-corrected chi connectivity index (χ2v) is 3.80. The highest BCUT2D eigenvalue weighted by atomic mass is 32.1. The fourth-order valence-corrected chi connectivity index (χ4v) is 1.94. The first-order valence-corrected chi connectivity index (χ1v) is 5.44. The van der Waals surface area contributed by atoms with Crippen LogP contribution in [0.5, 0.6) is 5.88 Å². The first kappa shape index (κ1) is 9.92. The number of aromatic nitrogens is 2. The molecule has 2 rings (SSSR count). The summed E-state index contributed by atoms with van der Waals surface area (Å²) in [6.45, 7) is 2.44. The van der Waals surface area contributed by atoms with E-state index in [-0.39, 0.29) is 5.95 Å². The van der Waals surface area contributed by atoms with Gasteiger partial charge in [-0.1, -0.05) is 12.2 Å². The van der Waals surface area contributed by atoms with Crippen LogP contribution >= 0.6 is 11.3 Å². The summed E-state index contributed by atoms with van der Waals surface area (Å²) in [5.74, 6) is 0.803. The lowest BCUT2D eigenvalue weighted by molar-refractivity contribution is 0.353. The van der Waals surface area contributed by atoms with E-state index < -0.39 is 0 Å². The summed E-state index contributed by atoms with van der Waals surface area (Å²) < 4.78 is 5.49. The molecule has 0 aliphatic heterocycles. The van der Waals surface area contributed by atoms with Gasteiger partial charge in [-0.25, -0.2) is 4.98 Å². The molecule has 15 heavy (non-hydrogen) atoms. The lowest BCUT2D eigenvalue weighted by Crippen LogP contribution is -2.00. The van der Waals surface area contributed by atoms with Crippen molar-refractivity contribution >= 4 is 27.5 Å². The molecule has 0 radical (unpaired) electrons. The third kappa shape index (κ3) is 2.07. The molecule has 0 saturated heterocycles. The van der Waals surface area contributed by atoms with Gasteiger partial charge < -0.3 is 10.5 Å². The van der Waals surface area contributed by atoms with Gasteiger partial charge in [0, 0.05) is 0 Å². The third-order valence-electron chi connectivity index (χ3n) is 1.86. The Hall–Kier alpha value is -1.62. The third-order valence-corrected chi connectivity index (χ3v) is 2.67. The maximum absolute atomic E-state index is 5.57. The number of anilines is 1. The Morgan fingerprint density at radius 2 is 2.40 bits per heavy atom. The second kappa shape index (κ2) is 4.27. The maximum atomic E-state index is 5.57. The molecule has 0 fully saturated rings. The smallest absolute Gasteiger partial charge is 0.227 e. The predicted molar refractivity (Wildman–Crippen MR) is 62.1 cm³/mol. The average Bonchev–Trinajstić information content (AvgIpc) is 2.65. The van der Waals surface area contributed by atoms with Crippen LogP contribution in [-0.2, 0) is 0 Å². The number of allylic oxidation sites excluding steroid dienone is 1. The minimum atomic E-state index is 0.250. The van der Waals surface area contributed by atoms with Crippen LogP contribution in [0.4, 0.5) is 5.95 Å². The number of hydrogen-bond donors (Lipinski definition) is 1. The monoisotopic (exact) mass is 221 g/mol. The van der Waals surface area contributed by atoms with Crippen molar-refractivity contribution in [2.45, 2.75) is 6.92 Å². The first-order valence-electron chi connectivity index (χ1n) is 4.56. The zero-order chi connectivity index (χ0) is 10.7. The molecule has 5 heteroatoms. The Kier molecular flexibility index (Phi) is 2.82. The van der Waals surface area contributed by atoms with E-state index >= 15 is 0 Å². The van der Waals surface area contributed by atoms with Crippen molar-refractivity contribution < 1.29 is 4.74 Å². The summed E-state index contributed by atoms with van der Waals surface area (Å²) in [5.41, 5.74) is 5.57. The summed E-state index contributed by atoms with van der Waals surface area (Å²) in [6.07, 6.45) is 3.84. The highest BCUT2D eigenvalue weighted by Crippen LogP contribution is 2.27. The molecule has 0 unspecified atom stereocenters. The normalized spacial score (nSPS) is 11.3. The van der Waals surface area contributed by atoms with E-state index in [1.165, 1.54) is 11.3 Å². The highest BCUT2D eigenvalue weighted by molar-refractivity contribution is 7.16. The number of rotatable bonds is 3. The zero-order valence-electron chi connectivity index (χ0n) is 8.30. The Labute approximate surface area is 91.4 Å². The molecule has 0 aromatic carbocycles. The number of nitrogens with zero attached hydrogens (tertiary/aromatic N) is 2. The Morgan fingerprint density at radius 3 is 3.20 bits per heavy atom. The van der Waals surface area contributed by atoms with E-state index in [0.29, 0.717) is 12.5 Å². The number of ether oxygens (including phenoxy) is 1. The fraction of sp³-hybridized carbons (Fsp3) is 0.200. The Morgan fingerprint density at radius 1 is 1.53 bits per heavy atom. The van der Waals surface area contributed by atoms with Crippen LogP contribution in [0.25, 0.3) is 10.2 Å². The van der Waals surface area contributed by atoms with Crippen LogP contribution in [-0.4, -0.2) is 16.6 Å². The Bertz CT molecular complexity index is 492. The number of fused-ring (bicyclic) bond motifs is 1. The standard InChI is InChI=1S/C10H11N3OS/c1-2-3-5-14-8-7-4-6-15-9(7)13-10(11)12-8/h2-4,6H,5H2,1H3,(H2,11,12,13)/b3-2+. The summed E-state index contributed by atoms with van der Waals surface area (Å²) in [6, 6.07) is 1.93. The molecule has 0 spiro atoms. The minimum Gasteiger partial charge on any atom is -0.473 e. The van der Waals surface area contributed by atoms with Gasteiger partial charge >= 0.3 is 0 Å². The average molecular weight is 221 g/mol. The van der Waals surface area contributed by atoms with Gasteiger partial charge in [0.1, 0.15) is 11.4 Å². The van der Waals surface area contributed by atoms with E-state index in [1.54, 1.807) is 0 Å². The molecule has 2 aromatic heterocycles. The molecule has 2 N–H and O–H groups in total. The van der Waals surface area contributed by atoms with Crippen LogP contribution in [0.15, 0.2) is 23.6 Å². The van der Waals surface area contributed by atoms with Crippen LogP contribution < -0.4 is 10.5 Å². The van der Waals surface area contributed by atoms with Gasteiger partial charge in [0.2, 0.25) is 11.8 Å². The van der Waals surface area contributed by atoms with Crippen molar-refractivity contribution in [2.24, 2.45) is 0 Å². The van der Waals surface area contributed by atoms with Crippen molar-refractivity contribution in [2.75, 3.05) is 12.3 Å². The molecule has 0 atom stereocenters. The number of thiophene rings is 1. The number of nitrogen functional groups attached to an aromatic ring is 1. The topological polar surface area (TPSA) is 61.0 Å². The van der Waals surface area contributed by atoms with E-state index in [0.717, 1.165) is 10.2 Å². The van der Waals surface area contributed by atoms with Gasteiger partial charge in [0.15, 0.2) is 0 Å². The van der Waals surface area contributed by atoms with Crippen LogP contribution in [0.3, 0.4) is 0 Å².